The zero-order valence-corrected chi connectivity index (χ0v) is 22.2. The molecule has 7 heteroatoms. The summed E-state index contributed by atoms with van der Waals surface area (Å²) >= 11 is 3.56. The molecule has 5 nitrogen and oxygen atoms in total. The Labute approximate surface area is 217 Å². The van der Waals surface area contributed by atoms with Gasteiger partial charge in [-0.2, -0.15) is 0 Å². The van der Waals surface area contributed by atoms with Gasteiger partial charge in [-0.15, -0.1) is 0 Å². The molecule has 0 unspecified atom stereocenters. The van der Waals surface area contributed by atoms with Crippen molar-refractivity contribution in [1.82, 2.24) is 5.32 Å². The highest BCUT2D eigenvalue weighted by molar-refractivity contribution is 14.1. The highest BCUT2D eigenvalue weighted by Gasteiger charge is 2.24. The zero-order valence-electron chi connectivity index (χ0n) is 19.2. The van der Waals surface area contributed by atoms with Gasteiger partial charge in [0.25, 0.3) is 5.91 Å². The molecule has 3 aromatic rings. The van der Waals surface area contributed by atoms with E-state index in [1.54, 1.807) is 7.11 Å². The number of ether oxygens (including phenoxy) is 2. The van der Waals surface area contributed by atoms with Crippen molar-refractivity contribution in [2.75, 3.05) is 7.11 Å². The van der Waals surface area contributed by atoms with E-state index in [9.17, 15) is 4.79 Å². The fourth-order valence-electron chi connectivity index (χ4n) is 3.48. The molecule has 4 rings (SSSR count). The first-order chi connectivity index (χ1) is 16.4. The normalized spacial score (nSPS) is 15.6. The standard InChI is InChI=1S/C27H25IN2O3S/c1-4-18-8-10-21(11-9-18)29-27-30-26(31)24(34-27)15-20-13-22(28)25(23(14-20)32-3)33-16-19-7-5-6-17(2)12-19/h5-15H,4,16H2,1-3H3,(H,29,30,31)/b24-15-. The molecular formula is C27H25IN2O3S. The van der Waals surface area contributed by atoms with E-state index in [4.69, 9.17) is 9.47 Å². The SMILES string of the molecule is CCc1ccc(N=C2NC(=O)/C(=C/c3cc(I)c(OCc4cccc(C)c4)c(OC)c3)S2)cc1. The summed E-state index contributed by atoms with van der Waals surface area (Å²) in [5.74, 6) is 1.15. The summed E-state index contributed by atoms with van der Waals surface area (Å²) in [6.45, 7) is 4.63. The number of aryl methyl sites for hydroxylation is 2. The second-order valence-electron chi connectivity index (χ2n) is 7.81. The Balaban J connectivity index is 1.52. The van der Waals surface area contributed by atoms with Crippen molar-refractivity contribution in [3.8, 4) is 11.5 Å². The van der Waals surface area contributed by atoms with Crippen LogP contribution in [0.25, 0.3) is 6.08 Å². The Hall–Kier alpha value is -2.78. The number of methoxy groups -OCH3 is 1. The van der Waals surface area contributed by atoms with E-state index in [1.165, 1.54) is 22.9 Å². The first-order valence-electron chi connectivity index (χ1n) is 10.9. The molecule has 1 N–H and O–H groups in total. The second-order valence-corrected chi connectivity index (χ2v) is 10.0. The number of halogens is 1. The molecule has 1 aliphatic heterocycles. The summed E-state index contributed by atoms with van der Waals surface area (Å²) in [6.07, 6.45) is 2.82. The molecule has 174 valence electrons. The van der Waals surface area contributed by atoms with Crippen LogP contribution >= 0.6 is 34.4 Å². The number of nitrogens with one attached hydrogen (secondary N) is 1. The molecule has 0 radical (unpaired) electrons. The Morgan fingerprint density at radius 2 is 1.88 bits per heavy atom. The summed E-state index contributed by atoms with van der Waals surface area (Å²) in [4.78, 5) is 17.7. The van der Waals surface area contributed by atoms with E-state index in [0.29, 0.717) is 28.2 Å². The monoisotopic (exact) mass is 584 g/mol. The van der Waals surface area contributed by atoms with Crippen molar-refractivity contribution in [1.29, 1.82) is 0 Å². The van der Waals surface area contributed by atoms with Crippen LogP contribution in [-0.4, -0.2) is 18.2 Å². The number of hydrogen-bond donors (Lipinski definition) is 1. The van der Waals surface area contributed by atoms with E-state index in [2.05, 4.69) is 58.9 Å². The fraction of sp³-hybridized carbons (Fsp3) is 0.185. The maximum atomic E-state index is 12.5. The summed E-state index contributed by atoms with van der Waals surface area (Å²) < 4.78 is 12.6. The van der Waals surface area contributed by atoms with Crippen LogP contribution in [0.15, 0.2) is 70.6 Å². The molecule has 1 heterocycles. The van der Waals surface area contributed by atoms with Crippen molar-refractivity contribution >= 4 is 57.2 Å². The van der Waals surface area contributed by atoms with Gasteiger partial charge in [0.2, 0.25) is 0 Å². The van der Waals surface area contributed by atoms with Crippen molar-refractivity contribution in [3.05, 3.63) is 91.4 Å². The molecule has 1 fully saturated rings. The highest BCUT2D eigenvalue weighted by Crippen LogP contribution is 2.36. The predicted octanol–water partition coefficient (Wildman–Crippen LogP) is 6.64. The van der Waals surface area contributed by atoms with Crippen LogP contribution in [-0.2, 0) is 17.8 Å². The largest absolute Gasteiger partial charge is 0.493 e. The topological polar surface area (TPSA) is 59.9 Å². The van der Waals surface area contributed by atoms with E-state index < -0.39 is 0 Å². The molecule has 0 aromatic heterocycles. The molecular weight excluding hydrogens is 559 g/mol. The average Bonchev–Trinajstić information content (AvgIpc) is 3.16. The molecule has 0 bridgehead atoms. The predicted molar refractivity (Wildman–Crippen MR) is 148 cm³/mol. The molecule has 0 aliphatic carbocycles. The van der Waals surface area contributed by atoms with Crippen molar-refractivity contribution in [3.63, 3.8) is 0 Å². The van der Waals surface area contributed by atoms with Crippen LogP contribution in [0.5, 0.6) is 11.5 Å². The van der Waals surface area contributed by atoms with E-state index in [-0.39, 0.29) is 5.91 Å². The van der Waals surface area contributed by atoms with E-state index in [1.807, 2.05) is 54.6 Å². The molecule has 0 saturated carbocycles. The number of thioether (sulfide) groups is 1. The lowest BCUT2D eigenvalue weighted by molar-refractivity contribution is -0.115. The van der Waals surface area contributed by atoms with Gasteiger partial charge < -0.3 is 14.8 Å². The number of amides is 1. The zero-order chi connectivity index (χ0) is 24.1. The van der Waals surface area contributed by atoms with Crippen LogP contribution in [0.4, 0.5) is 5.69 Å². The molecule has 0 atom stereocenters. The Kier molecular flexibility index (Phi) is 7.95. The van der Waals surface area contributed by atoms with Crippen LogP contribution in [0.2, 0.25) is 0 Å². The maximum Gasteiger partial charge on any atom is 0.264 e. The van der Waals surface area contributed by atoms with Crippen molar-refractivity contribution in [2.24, 2.45) is 4.99 Å². The number of carbonyl (C=O) groups excluding carboxylic acids is 1. The highest BCUT2D eigenvalue weighted by atomic mass is 127. The van der Waals surface area contributed by atoms with Crippen molar-refractivity contribution < 1.29 is 14.3 Å². The van der Waals surface area contributed by atoms with Gasteiger partial charge in [0, 0.05) is 0 Å². The lowest BCUT2D eigenvalue weighted by Gasteiger charge is -2.14. The number of carbonyl (C=O) groups is 1. The Bertz CT molecular complexity index is 1270. The van der Waals surface area contributed by atoms with Crippen LogP contribution in [0.3, 0.4) is 0 Å². The van der Waals surface area contributed by atoms with Gasteiger partial charge in [-0.05, 0) is 94.7 Å². The smallest absolute Gasteiger partial charge is 0.264 e. The Morgan fingerprint density at radius 1 is 1.09 bits per heavy atom. The minimum atomic E-state index is -0.164. The van der Waals surface area contributed by atoms with Gasteiger partial charge in [-0.3, -0.25) is 4.79 Å². The number of nitrogens with zero attached hydrogens (tertiary/aromatic N) is 1. The van der Waals surface area contributed by atoms with Gasteiger partial charge in [-0.1, -0.05) is 48.9 Å². The molecule has 1 amide bonds. The lowest BCUT2D eigenvalue weighted by atomic mass is 10.1. The first kappa shape index (κ1) is 24.3. The summed E-state index contributed by atoms with van der Waals surface area (Å²) in [5.41, 5.74) is 5.21. The van der Waals surface area contributed by atoms with Crippen LogP contribution in [0, 0.1) is 10.5 Å². The molecule has 1 aliphatic rings. The number of benzene rings is 3. The summed E-state index contributed by atoms with van der Waals surface area (Å²) in [6, 6.07) is 20.1. The first-order valence-corrected chi connectivity index (χ1v) is 12.8. The molecule has 1 saturated heterocycles. The van der Waals surface area contributed by atoms with E-state index >= 15 is 0 Å². The minimum absolute atomic E-state index is 0.164. The molecule has 34 heavy (non-hydrogen) atoms. The number of hydrogen-bond acceptors (Lipinski definition) is 5. The molecule has 3 aromatic carbocycles. The number of aliphatic imine (C=N–C) groups is 1. The Morgan fingerprint density at radius 3 is 2.59 bits per heavy atom. The quantitative estimate of drug-likeness (QED) is 0.250. The maximum absolute atomic E-state index is 12.5. The van der Waals surface area contributed by atoms with Crippen molar-refractivity contribution in [2.45, 2.75) is 26.9 Å². The lowest BCUT2D eigenvalue weighted by Crippen LogP contribution is -2.19. The fourth-order valence-corrected chi connectivity index (χ4v) is 5.10. The third-order valence-corrected chi connectivity index (χ3v) is 6.95. The molecule has 0 spiro atoms. The van der Waals surface area contributed by atoms with Crippen LogP contribution in [0.1, 0.15) is 29.2 Å². The van der Waals surface area contributed by atoms with Gasteiger partial charge in [0.1, 0.15) is 6.61 Å². The number of rotatable bonds is 7. The summed E-state index contributed by atoms with van der Waals surface area (Å²) in [7, 11) is 1.62. The van der Waals surface area contributed by atoms with Gasteiger partial charge >= 0.3 is 0 Å². The van der Waals surface area contributed by atoms with Gasteiger partial charge in [0.15, 0.2) is 16.7 Å². The van der Waals surface area contributed by atoms with E-state index in [0.717, 1.165) is 26.8 Å². The second kappa shape index (κ2) is 11.1. The third kappa shape index (κ3) is 6.01. The van der Waals surface area contributed by atoms with Crippen LogP contribution < -0.4 is 14.8 Å². The van der Waals surface area contributed by atoms with Gasteiger partial charge in [-0.25, -0.2) is 4.99 Å². The minimum Gasteiger partial charge on any atom is -0.493 e. The summed E-state index contributed by atoms with van der Waals surface area (Å²) in [5, 5.41) is 3.42. The number of amidine groups is 1. The average molecular weight is 584 g/mol. The van der Waals surface area contributed by atoms with Gasteiger partial charge in [0.05, 0.1) is 21.3 Å². The third-order valence-electron chi connectivity index (χ3n) is 5.24.